The maximum atomic E-state index is 12.2. The molecule has 10 heteroatoms. The molecule has 0 fully saturated rings. The molecule has 1 heterocycles. The van der Waals surface area contributed by atoms with Crippen LogP contribution in [0.5, 0.6) is 5.75 Å². The lowest BCUT2D eigenvalue weighted by Crippen LogP contribution is -2.47. The van der Waals surface area contributed by atoms with Crippen molar-refractivity contribution in [3.8, 4) is 5.75 Å². The zero-order chi connectivity index (χ0) is 21.0. The molecule has 0 aliphatic carbocycles. The molecule has 3 rings (SSSR count). The summed E-state index contributed by atoms with van der Waals surface area (Å²) in [6.45, 7) is -0.318. The molecule has 3 aromatic rings. The highest BCUT2D eigenvalue weighted by molar-refractivity contribution is 7.92. The Morgan fingerprint density at radius 1 is 1.21 bits per heavy atom. The molecular formula is C19H19N3O5S2. The first-order chi connectivity index (χ1) is 13.7. The van der Waals surface area contributed by atoms with Gasteiger partial charge in [0.1, 0.15) is 11.8 Å². The minimum Gasteiger partial charge on any atom is -0.484 e. The second-order valence-corrected chi connectivity index (χ2v) is 9.60. The number of carbonyl (C=O) groups is 2. The highest BCUT2D eigenvalue weighted by atomic mass is 32.2. The summed E-state index contributed by atoms with van der Waals surface area (Å²) in [7, 11) is -3.39. The highest BCUT2D eigenvalue weighted by Gasteiger charge is 2.19. The maximum Gasteiger partial charge on any atom is 0.258 e. The summed E-state index contributed by atoms with van der Waals surface area (Å²) in [5, 5.41) is 2.57. The molecule has 0 saturated carbocycles. The van der Waals surface area contributed by atoms with Gasteiger partial charge in [0.25, 0.3) is 5.91 Å². The molecule has 0 aliphatic rings. The van der Waals surface area contributed by atoms with Crippen molar-refractivity contribution >= 4 is 43.2 Å². The largest absolute Gasteiger partial charge is 0.484 e. The topological polar surface area (TPSA) is 128 Å². The Morgan fingerprint density at radius 2 is 1.93 bits per heavy atom. The minimum absolute atomic E-state index is 0.0209. The third kappa shape index (κ3) is 5.52. The van der Waals surface area contributed by atoms with Crippen molar-refractivity contribution in [2.75, 3.05) is 12.9 Å². The minimum atomic E-state index is -3.39. The van der Waals surface area contributed by atoms with E-state index in [4.69, 9.17) is 10.5 Å². The molecule has 1 atom stereocenters. The van der Waals surface area contributed by atoms with Crippen LogP contribution in [0.25, 0.3) is 10.2 Å². The first kappa shape index (κ1) is 20.7. The van der Waals surface area contributed by atoms with E-state index in [9.17, 15) is 18.0 Å². The van der Waals surface area contributed by atoms with E-state index in [0.29, 0.717) is 16.0 Å². The van der Waals surface area contributed by atoms with Crippen molar-refractivity contribution in [3.05, 3.63) is 54.1 Å². The van der Waals surface area contributed by atoms with Gasteiger partial charge in [-0.15, -0.1) is 11.3 Å². The molecule has 2 amide bonds. The molecule has 0 radical (unpaired) electrons. The number of nitrogens with two attached hydrogens (primary N) is 1. The fourth-order valence-electron chi connectivity index (χ4n) is 2.59. The molecule has 0 spiro atoms. The summed E-state index contributed by atoms with van der Waals surface area (Å²) in [6, 6.07) is 13.2. The number of amides is 2. The average molecular weight is 434 g/mol. The molecule has 0 saturated heterocycles. The third-order valence-corrected chi connectivity index (χ3v) is 6.69. The number of ether oxygens (including phenoxy) is 1. The van der Waals surface area contributed by atoms with Crippen molar-refractivity contribution in [1.82, 2.24) is 10.3 Å². The summed E-state index contributed by atoms with van der Waals surface area (Å²) >= 11 is 1.03. The van der Waals surface area contributed by atoms with Gasteiger partial charge in [0.15, 0.2) is 6.61 Å². The van der Waals surface area contributed by atoms with Gasteiger partial charge in [0, 0.05) is 12.7 Å². The fourth-order valence-corrected chi connectivity index (χ4v) is 4.45. The van der Waals surface area contributed by atoms with Crippen molar-refractivity contribution in [2.45, 2.75) is 16.8 Å². The smallest absolute Gasteiger partial charge is 0.258 e. The van der Waals surface area contributed by atoms with Gasteiger partial charge in [-0.3, -0.25) is 9.59 Å². The van der Waals surface area contributed by atoms with E-state index < -0.39 is 27.7 Å². The molecule has 8 nitrogen and oxygen atoms in total. The van der Waals surface area contributed by atoms with Crippen LogP contribution in [0, 0.1) is 0 Å². The Hall–Kier alpha value is -2.98. The number of nitrogens with one attached hydrogen (secondary N) is 1. The number of benzene rings is 2. The van der Waals surface area contributed by atoms with Crippen LogP contribution < -0.4 is 15.8 Å². The lowest BCUT2D eigenvalue weighted by atomic mass is 10.1. The number of aromatic nitrogens is 1. The van der Waals surface area contributed by atoms with Crippen molar-refractivity contribution < 1.29 is 22.7 Å². The van der Waals surface area contributed by atoms with Crippen LogP contribution in [-0.4, -0.2) is 44.1 Å². The number of nitrogens with zero attached hydrogens (tertiary/aromatic N) is 1. The zero-order valence-corrected chi connectivity index (χ0v) is 17.1. The van der Waals surface area contributed by atoms with Crippen LogP contribution >= 0.6 is 11.3 Å². The summed E-state index contributed by atoms with van der Waals surface area (Å²) in [5.74, 6) is -0.748. The van der Waals surface area contributed by atoms with E-state index in [2.05, 4.69) is 10.3 Å². The molecule has 3 N–H and O–H groups in total. The Balaban J connectivity index is 1.62. The third-order valence-electron chi connectivity index (χ3n) is 3.99. The van der Waals surface area contributed by atoms with Gasteiger partial charge in [-0.05, 0) is 23.8 Å². The number of hydrogen-bond donors (Lipinski definition) is 2. The molecule has 0 bridgehead atoms. The van der Waals surface area contributed by atoms with Crippen LogP contribution in [0.3, 0.4) is 0 Å². The Bertz CT molecular complexity index is 1140. The number of carbonyl (C=O) groups excluding carboxylic acids is 2. The average Bonchev–Trinajstić information content (AvgIpc) is 3.10. The first-order valence-electron chi connectivity index (χ1n) is 8.58. The van der Waals surface area contributed by atoms with E-state index in [1.54, 1.807) is 18.2 Å². The van der Waals surface area contributed by atoms with Crippen LogP contribution in [0.4, 0.5) is 0 Å². The van der Waals surface area contributed by atoms with Crippen LogP contribution in [-0.2, 0) is 25.8 Å². The number of sulfone groups is 1. The highest BCUT2D eigenvalue weighted by Crippen LogP contribution is 2.28. The number of fused-ring (bicyclic) bond motifs is 1. The van der Waals surface area contributed by atoms with Crippen molar-refractivity contribution in [1.29, 1.82) is 0 Å². The first-order valence-corrected chi connectivity index (χ1v) is 11.3. The van der Waals surface area contributed by atoms with Crippen molar-refractivity contribution in [2.24, 2.45) is 5.73 Å². The van der Waals surface area contributed by atoms with Gasteiger partial charge in [-0.25, -0.2) is 13.4 Å². The standard InChI is InChI=1S/C19H19N3O5S2/c1-29(25,26)19-22-14-8-7-13(10-16(14)28-19)27-11-17(23)21-15(18(20)24)9-12-5-3-2-4-6-12/h2-8,10,15H,9,11H2,1H3,(H2,20,24)(H,21,23). The predicted molar refractivity (Wildman–Crippen MR) is 109 cm³/mol. The molecule has 2 aromatic carbocycles. The quantitative estimate of drug-likeness (QED) is 0.551. The molecule has 0 aliphatic heterocycles. The molecule has 1 unspecified atom stereocenters. The monoisotopic (exact) mass is 433 g/mol. The van der Waals surface area contributed by atoms with Gasteiger partial charge in [-0.2, -0.15) is 0 Å². The SMILES string of the molecule is CS(=O)(=O)c1nc2ccc(OCC(=O)NC(Cc3ccccc3)C(N)=O)cc2s1. The summed E-state index contributed by atoms with van der Waals surface area (Å²) in [6.07, 6.45) is 1.38. The van der Waals surface area contributed by atoms with Gasteiger partial charge in [-0.1, -0.05) is 30.3 Å². The van der Waals surface area contributed by atoms with Gasteiger partial charge in [0.2, 0.25) is 20.1 Å². The number of hydrogen-bond acceptors (Lipinski definition) is 7. The molecule has 29 heavy (non-hydrogen) atoms. The molecule has 1 aromatic heterocycles. The summed E-state index contributed by atoms with van der Waals surface area (Å²) in [4.78, 5) is 27.9. The second-order valence-electron chi connectivity index (χ2n) is 6.38. The van der Waals surface area contributed by atoms with Crippen LogP contribution in [0.1, 0.15) is 5.56 Å². The van der Waals surface area contributed by atoms with E-state index in [-0.39, 0.29) is 17.4 Å². The van der Waals surface area contributed by atoms with Gasteiger partial charge < -0.3 is 15.8 Å². The predicted octanol–water partition coefficient (Wildman–Crippen LogP) is 1.29. The van der Waals surface area contributed by atoms with Crippen LogP contribution in [0.15, 0.2) is 52.9 Å². The second kappa shape index (κ2) is 8.58. The van der Waals surface area contributed by atoms with E-state index in [1.807, 2.05) is 30.3 Å². The van der Waals surface area contributed by atoms with Crippen molar-refractivity contribution in [3.63, 3.8) is 0 Å². The van der Waals surface area contributed by atoms with Gasteiger partial charge in [0.05, 0.1) is 10.2 Å². The number of rotatable bonds is 8. The number of thiazole rings is 1. The summed E-state index contributed by atoms with van der Waals surface area (Å²) < 4.78 is 29.3. The molecule has 152 valence electrons. The lowest BCUT2D eigenvalue weighted by Gasteiger charge is -2.16. The normalized spacial score (nSPS) is 12.4. The maximum absolute atomic E-state index is 12.2. The van der Waals surface area contributed by atoms with E-state index in [1.165, 1.54) is 0 Å². The lowest BCUT2D eigenvalue weighted by molar-refractivity contribution is -0.128. The Morgan fingerprint density at radius 3 is 2.59 bits per heavy atom. The molecular weight excluding hydrogens is 414 g/mol. The Labute approximate surface area is 171 Å². The number of primary amides is 1. The van der Waals surface area contributed by atoms with E-state index >= 15 is 0 Å². The van der Waals surface area contributed by atoms with Gasteiger partial charge >= 0.3 is 0 Å². The summed E-state index contributed by atoms with van der Waals surface area (Å²) in [5.41, 5.74) is 6.79. The zero-order valence-electron chi connectivity index (χ0n) is 15.5. The van der Waals surface area contributed by atoms with E-state index in [0.717, 1.165) is 23.2 Å². The van der Waals surface area contributed by atoms with Crippen LogP contribution in [0.2, 0.25) is 0 Å². The fraction of sp³-hybridized carbons (Fsp3) is 0.211. The Kier molecular flexibility index (Phi) is 6.14.